The van der Waals surface area contributed by atoms with Gasteiger partial charge in [-0.2, -0.15) is 0 Å². The highest BCUT2D eigenvalue weighted by atomic mass is 35.5. The molecule has 2 rings (SSSR count). The fourth-order valence-electron chi connectivity index (χ4n) is 1.69. The first kappa shape index (κ1) is 14.7. The van der Waals surface area contributed by atoms with E-state index in [4.69, 9.17) is 32.7 Å². The Kier molecular flexibility index (Phi) is 4.88. The van der Waals surface area contributed by atoms with Crippen LogP contribution in [0.25, 0.3) is 0 Å². The second kappa shape index (κ2) is 6.64. The molecule has 0 amide bonds. The van der Waals surface area contributed by atoms with E-state index in [1.807, 2.05) is 6.07 Å². The molecule has 0 aromatic heterocycles. The smallest absolute Gasteiger partial charge is 0.161 e. The van der Waals surface area contributed by atoms with Crippen LogP contribution in [0.15, 0.2) is 36.4 Å². The van der Waals surface area contributed by atoms with Crippen molar-refractivity contribution in [2.75, 3.05) is 7.11 Å². The van der Waals surface area contributed by atoms with Crippen LogP contribution in [0.4, 0.5) is 0 Å². The lowest BCUT2D eigenvalue weighted by Crippen LogP contribution is -1.99. The molecule has 2 aromatic carbocycles. The fraction of sp³-hybridized carbons (Fsp3) is 0.133. The van der Waals surface area contributed by atoms with E-state index in [0.717, 1.165) is 11.8 Å². The molecule has 2 aromatic rings. The van der Waals surface area contributed by atoms with Gasteiger partial charge in [0.1, 0.15) is 12.9 Å². The van der Waals surface area contributed by atoms with E-state index in [0.29, 0.717) is 27.1 Å². The molecule has 0 saturated heterocycles. The van der Waals surface area contributed by atoms with E-state index < -0.39 is 0 Å². The number of hydrogen-bond acceptors (Lipinski definition) is 3. The Morgan fingerprint density at radius 2 is 1.95 bits per heavy atom. The minimum Gasteiger partial charge on any atom is -0.493 e. The molecule has 0 atom stereocenters. The predicted octanol–water partition coefficient (Wildman–Crippen LogP) is 4.39. The normalized spacial score (nSPS) is 10.2. The van der Waals surface area contributed by atoms with Crippen LogP contribution < -0.4 is 9.47 Å². The number of halogens is 2. The lowest BCUT2D eigenvalue weighted by Gasteiger charge is -2.12. The molecule has 5 heteroatoms. The zero-order valence-corrected chi connectivity index (χ0v) is 12.2. The summed E-state index contributed by atoms with van der Waals surface area (Å²) in [5.74, 6) is 1.03. The summed E-state index contributed by atoms with van der Waals surface area (Å²) < 4.78 is 10.9. The first-order chi connectivity index (χ1) is 9.65. The topological polar surface area (TPSA) is 35.5 Å². The van der Waals surface area contributed by atoms with Crippen LogP contribution in [-0.4, -0.2) is 13.4 Å². The van der Waals surface area contributed by atoms with Gasteiger partial charge in [0.15, 0.2) is 11.5 Å². The van der Waals surface area contributed by atoms with Gasteiger partial charge in [-0.05, 0) is 24.3 Å². The summed E-state index contributed by atoms with van der Waals surface area (Å²) in [4.78, 5) is 10.7. The number of benzene rings is 2. The Balaban J connectivity index is 2.18. The van der Waals surface area contributed by atoms with Gasteiger partial charge in [0.2, 0.25) is 0 Å². The molecule has 0 aliphatic carbocycles. The SMILES string of the molecule is COc1cc(C=O)ccc1OCc1cccc(Cl)c1Cl. The third-order valence-electron chi connectivity index (χ3n) is 2.74. The largest absolute Gasteiger partial charge is 0.493 e. The molecule has 0 unspecified atom stereocenters. The van der Waals surface area contributed by atoms with E-state index in [1.54, 1.807) is 30.3 Å². The summed E-state index contributed by atoms with van der Waals surface area (Å²) in [7, 11) is 1.52. The minimum absolute atomic E-state index is 0.260. The van der Waals surface area contributed by atoms with Gasteiger partial charge in [0, 0.05) is 11.1 Å². The predicted molar refractivity (Wildman–Crippen MR) is 79.2 cm³/mol. The number of aldehydes is 1. The molecule has 0 fully saturated rings. The molecule has 3 nitrogen and oxygen atoms in total. The summed E-state index contributed by atoms with van der Waals surface area (Å²) in [6.45, 7) is 0.260. The van der Waals surface area contributed by atoms with Gasteiger partial charge in [-0.3, -0.25) is 4.79 Å². The quantitative estimate of drug-likeness (QED) is 0.768. The highest BCUT2D eigenvalue weighted by Gasteiger charge is 2.08. The standard InChI is InChI=1S/C15H12Cl2O3/c1-19-14-7-10(8-18)5-6-13(14)20-9-11-3-2-4-12(16)15(11)17/h2-8H,9H2,1H3. The molecule has 0 radical (unpaired) electrons. The van der Waals surface area contributed by atoms with Gasteiger partial charge in [-0.15, -0.1) is 0 Å². The third-order valence-corrected chi connectivity index (χ3v) is 3.60. The van der Waals surface area contributed by atoms with E-state index in [9.17, 15) is 4.79 Å². The Morgan fingerprint density at radius 1 is 1.15 bits per heavy atom. The van der Waals surface area contributed by atoms with Crippen LogP contribution in [-0.2, 0) is 6.61 Å². The molecule has 0 aliphatic heterocycles. The van der Waals surface area contributed by atoms with Crippen molar-refractivity contribution < 1.29 is 14.3 Å². The average molecular weight is 311 g/mol. The Hall–Kier alpha value is -1.71. The van der Waals surface area contributed by atoms with Gasteiger partial charge < -0.3 is 9.47 Å². The number of carbonyl (C=O) groups is 1. The Labute approximate surface area is 127 Å². The lowest BCUT2D eigenvalue weighted by molar-refractivity contribution is 0.112. The van der Waals surface area contributed by atoms with Crippen molar-refractivity contribution in [2.45, 2.75) is 6.61 Å². The van der Waals surface area contributed by atoms with Crippen LogP contribution in [0.1, 0.15) is 15.9 Å². The van der Waals surface area contributed by atoms with Crippen molar-refractivity contribution in [2.24, 2.45) is 0 Å². The van der Waals surface area contributed by atoms with E-state index in [2.05, 4.69) is 0 Å². The summed E-state index contributed by atoms with van der Waals surface area (Å²) in [5, 5.41) is 0.952. The maximum absolute atomic E-state index is 10.7. The zero-order chi connectivity index (χ0) is 14.5. The van der Waals surface area contributed by atoms with E-state index >= 15 is 0 Å². The van der Waals surface area contributed by atoms with Crippen molar-refractivity contribution in [3.05, 3.63) is 57.6 Å². The van der Waals surface area contributed by atoms with Crippen LogP contribution in [0.5, 0.6) is 11.5 Å². The molecular formula is C15H12Cl2O3. The average Bonchev–Trinajstić information content (AvgIpc) is 2.48. The maximum atomic E-state index is 10.7. The Bertz CT molecular complexity index is 627. The second-order valence-electron chi connectivity index (χ2n) is 4.03. The number of methoxy groups -OCH3 is 1. The van der Waals surface area contributed by atoms with Gasteiger partial charge in [-0.25, -0.2) is 0 Å². The number of hydrogen-bond donors (Lipinski definition) is 0. The first-order valence-corrected chi connectivity index (χ1v) is 6.60. The number of rotatable bonds is 5. The minimum atomic E-state index is 0.260. The van der Waals surface area contributed by atoms with E-state index in [-0.39, 0.29) is 6.61 Å². The molecule has 0 heterocycles. The van der Waals surface area contributed by atoms with Crippen molar-refractivity contribution >= 4 is 29.5 Å². The monoisotopic (exact) mass is 310 g/mol. The summed E-state index contributed by atoms with van der Waals surface area (Å²) in [6.07, 6.45) is 0.750. The molecule has 0 bridgehead atoms. The highest BCUT2D eigenvalue weighted by molar-refractivity contribution is 6.42. The lowest BCUT2D eigenvalue weighted by atomic mass is 10.2. The Morgan fingerprint density at radius 3 is 2.65 bits per heavy atom. The van der Waals surface area contributed by atoms with Gasteiger partial charge in [0.25, 0.3) is 0 Å². The molecular weight excluding hydrogens is 299 g/mol. The van der Waals surface area contributed by atoms with Gasteiger partial charge in [0.05, 0.1) is 17.2 Å². The third kappa shape index (κ3) is 3.24. The van der Waals surface area contributed by atoms with Crippen LogP contribution in [0.2, 0.25) is 10.0 Å². The van der Waals surface area contributed by atoms with E-state index in [1.165, 1.54) is 7.11 Å². The van der Waals surface area contributed by atoms with Crippen molar-refractivity contribution in [3.63, 3.8) is 0 Å². The maximum Gasteiger partial charge on any atom is 0.161 e. The first-order valence-electron chi connectivity index (χ1n) is 5.84. The molecule has 104 valence electrons. The summed E-state index contributed by atoms with van der Waals surface area (Å²) in [5.41, 5.74) is 1.30. The highest BCUT2D eigenvalue weighted by Crippen LogP contribution is 2.30. The summed E-state index contributed by atoms with van der Waals surface area (Å²) >= 11 is 12.0. The van der Waals surface area contributed by atoms with Crippen molar-refractivity contribution in [1.82, 2.24) is 0 Å². The summed E-state index contributed by atoms with van der Waals surface area (Å²) in [6, 6.07) is 10.3. The molecule has 0 aliphatic rings. The molecule has 0 N–H and O–H groups in total. The zero-order valence-electron chi connectivity index (χ0n) is 10.7. The van der Waals surface area contributed by atoms with Crippen molar-refractivity contribution in [3.8, 4) is 11.5 Å². The fourth-order valence-corrected chi connectivity index (χ4v) is 2.07. The number of carbonyl (C=O) groups excluding carboxylic acids is 1. The molecule has 0 spiro atoms. The van der Waals surface area contributed by atoms with Gasteiger partial charge in [-0.1, -0.05) is 35.3 Å². The van der Waals surface area contributed by atoms with Gasteiger partial charge >= 0.3 is 0 Å². The second-order valence-corrected chi connectivity index (χ2v) is 4.81. The van der Waals surface area contributed by atoms with Crippen LogP contribution in [0.3, 0.4) is 0 Å². The molecule has 0 saturated carbocycles. The van der Waals surface area contributed by atoms with Crippen LogP contribution >= 0.6 is 23.2 Å². The molecule has 20 heavy (non-hydrogen) atoms. The van der Waals surface area contributed by atoms with Crippen molar-refractivity contribution in [1.29, 1.82) is 0 Å². The van der Waals surface area contributed by atoms with Crippen LogP contribution in [0, 0.1) is 0 Å². The number of ether oxygens (including phenoxy) is 2.